The van der Waals surface area contributed by atoms with E-state index in [4.69, 9.17) is 28.6 Å². The maximum atomic E-state index is 10.00. The molecular weight excluding hydrogens is 363 g/mol. The average Bonchev–Trinajstić information content (AvgIpc) is 2.88. The van der Waals surface area contributed by atoms with Crippen molar-refractivity contribution >= 4 is 16.6 Å². The van der Waals surface area contributed by atoms with Crippen molar-refractivity contribution in [3.8, 4) is 0 Å². The molecule has 2 heterocycles. The van der Waals surface area contributed by atoms with E-state index in [0.717, 1.165) is 0 Å². The summed E-state index contributed by atoms with van der Waals surface area (Å²) in [4.78, 5) is 0. The first-order chi connectivity index (χ1) is 11.8. The van der Waals surface area contributed by atoms with Gasteiger partial charge >= 0.3 is 16.6 Å². The molecule has 25 heavy (non-hydrogen) atoms. The van der Waals surface area contributed by atoms with Gasteiger partial charge in [0.1, 0.15) is 49.3 Å². The second-order valence-corrected chi connectivity index (χ2v) is 5.56. The molecule has 2 rings (SSSR count). The Bertz CT molecular complexity index is 400. The molecule has 9 N–H and O–H groups in total. The van der Waals surface area contributed by atoms with Crippen LogP contribution in [0.2, 0.25) is 0 Å². The van der Waals surface area contributed by atoms with Crippen LogP contribution in [0.15, 0.2) is 0 Å². The van der Waals surface area contributed by atoms with Gasteiger partial charge in [-0.15, -0.1) is 0 Å². The highest BCUT2D eigenvalue weighted by Gasteiger charge is 2.58. The summed E-state index contributed by atoms with van der Waals surface area (Å²) < 4.78 is 22.6. The fourth-order valence-electron chi connectivity index (χ4n) is 2.63. The number of rotatable bonds is 5. The van der Waals surface area contributed by atoms with Crippen LogP contribution in [0.25, 0.3) is 0 Å². The molecule has 2 saturated heterocycles. The molecule has 0 unspecified atom stereocenters. The summed E-state index contributed by atoms with van der Waals surface area (Å²) in [5, 5.41) is 76.7. The van der Waals surface area contributed by atoms with Crippen molar-refractivity contribution in [3.05, 3.63) is 0 Å². The molecule has 0 aromatic rings. The lowest BCUT2D eigenvalue weighted by Crippen LogP contribution is -2.62. The zero-order valence-electron chi connectivity index (χ0n) is 13.5. The van der Waals surface area contributed by atoms with Crippen LogP contribution in [0.1, 0.15) is 0 Å². The normalized spacial score (nSPS) is 47.2. The molecule has 0 aromatic heterocycles. The number of aliphatic hydroxyl groups is 8. The molecule has 0 spiro atoms. The van der Waals surface area contributed by atoms with Crippen LogP contribution < -0.4 is 0 Å². The molecule has 0 radical (unpaired) electrons. The summed E-state index contributed by atoms with van der Waals surface area (Å²) in [6.07, 6.45) is -12.7. The van der Waals surface area contributed by atoms with Crippen molar-refractivity contribution in [2.24, 2.45) is 0 Å². The first-order valence-electron chi connectivity index (χ1n) is 7.50. The average molecular weight is 388 g/mol. The molecule has 12 nitrogen and oxygen atoms in total. The topological polar surface area (TPSA) is 210 Å². The molecule has 0 aliphatic carbocycles. The van der Waals surface area contributed by atoms with Gasteiger partial charge in [-0.3, -0.25) is 0 Å². The van der Waals surface area contributed by atoms with Crippen molar-refractivity contribution in [2.45, 2.75) is 54.8 Å². The number of aliphatic hydroxyl groups excluding tert-OH is 8. The van der Waals surface area contributed by atoms with E-state index < -0.39 is 74.6 Å². The third kappa shape index (κ3) is 4.49. The van der Waals surface area contributed by atoms with E-state index in [1.807, 2.05) is 0 Å². The predicted octanol–water partition coefficient (Wildman–Crippen LogP) is -6.87. The maximum absolute atomic E-state index is 10.00. The second-order valence-electron chi connectivity index (χ2n) is 5.56. The van der Waals surface area contributed by atoms with Crippen LogP contribution in [0.5, 0.6) is 0 Å². The molecule has 148 valence electrons. The Balaban J connectivity index is 0.00000151. The van der Waals surface area contributed by atoms with Gasteiger partial charge < -0.3 is 59.2 Å². The Hall–Kier alpha value is 0.0525. The Morgan fingerprint density at radius 3 is 1.80 bits per heavy atom. The van der Waals surface area contributed by atoms with Crippen molar-refractivity contribution in [3.63, 3.8) is 0 Å². The first-order valence-corrected chi connectivity index (χ1v) is 8.39. The predicted molar refractivity (Wildman–Crippen MR) is 79.4 cm³/mol. The van der Waals surface area contributed by atoms with Crippen molar-refractivity contribution in [2.75, 3.05) is 19.8 Å². The minimum absolute atomic E-state index is 0.306. The van der Waals surface area contributed by atoms with E-state index in [2.05, 4.69) is 0 Å². The molecule has 0 saturated carbocycles. The Labute approximate surface area is 151 Å². The van der Waals surface area contributed by atoms with Crippen molar-refractivity contribution in [1.29, 1.82) is 0 Å². The smallest absolute Gasteiger partial charge is 0.407 e. The Morgan fingerprint density at radius 2 is 1.36 bits per heavy atom. The van der Waals surface area contributed by atoms with Gasteiger partial charge in [0.2, 0.25) is 5.79 Å². The summed E-state index contributed by atoms with van der Waals surface area (Å²) >= 11 is 0.306. The number of hydrogen-bond donors (Lipinski definition) is 9. The van der Waals surface area contributed by atoms with Crippen LogP contribution in [-0.4, -0.2) is 136 Å². The number of hydrogen-bond acceptors (Lipinski definition) is 12. The molecular formula is C12H25AlO12. The monoisotopic (exact) mass is 388 g/mol. The van der Waals surface area contributed by atoms with Gasteiger partial charge in [0.05, 0.1) is 13.2 Å². The third-order valence-electron chi connectivity index (χ3n) is 4.07. The zero-order chi connectivity index (χ0) is 19.4. The fraction of sp³-hybridized carbons (Fsp3) is 1.00. The minimum atomic E-state index is -2.22. The van der Waals surface area contributed by atoms with Crippen LogP contribution in [0.4, 0.5) is 0 Å². The molecule has 9 atom stereocenters. The lowest BCUT2D eigenvalue weighted by atomic mass is 9.99. The molecule has 2 aliphatic heterocycles. The van der Waals surface area contributed by atoms with E-state index in [1.165, 1.54) is 0 Å². The fourth-order valence-corrected chi connectivity index (χ4v) is 2.63. The lowest BCUT2D eigenvalue weighted by Gasteiger charge is -2.43. The summed E-state index contributed by atoms with van der Waals surface area (Å²) in [6, 6.07) is 0. The summed E-state index contributed by atoms with van der Waals surface area (Å²) in [6.45, 7) is -2.32. The first kappa shape index (κ1) is 23.1. The Kier molecular flexibility index (Phi) is 9.08. The van der Waals surface area contributed by atoms with E-state index in [9.17, 15) is 30.6 Å². The zero-order valence-corrected chi connectivity index (χ0v) is 15.5. The van der Waals surface area contributed by atoms with E-state index in [0.29, 0.717) is 16.6 Å². The van der Waals surface area contributed by atoms with Crippen LogP contribution >= 0.6 is 0 Å². The summed E-state index contributed by atoms with van der Waals surface area (Å²) in [7, 11) is 0. The van der Waals surface area contributed by atoms with Gasteiger partial charge in [-0.2, -0.15) is 0 Å². The van der Waals surface area contributed by atoms with E-state index >= 15 is 0 Å². The lowest BCUT2D eigenvalue weighted by molar-refractivity contribution is -0.383. The SMILES string of the molecule is OC[C@H]1O[C@@](CO)(O[C@H]2O[C@H](CO)[C@@H](O)[C@H](O)[C@H]2O)[C@@H](O)[C@@H]1O.[OH][AlH2]. The highest BCUT2D eigenvalue weighted by Crippen LogP contribution is 2.35. The molecule has 2 fully saturated rings. The highest BCUT2D eigenvalue weighted by molar-refractivity contribution is 5.95. The Morgan fingerprint density at radius 1 is 0.800 bits per heavy atom. The van der Waals surface area contributed by atoms with Gasteiger partial charge in [-0.25, -0.2) is 0 Å². The maximum Gasteiger partial charge on any atom is 0.407 e. The summed E-state index contributed by atoms with van der Waals surface area (Å²) in [5.74, 6) is -2.22. The van der Waals surface area contributed by atoms with Gasteiger partial charge in [-0.1, -0.05) is 0 Å². The van der Waals surface area contributed by atoms with Gasteiger partial charge in [-0.05, 0) is 0 Å². The summed E-state index contributed by atoms with van der Waals surface area (Å²) in [5.41, 5.74) is 0. The van der Waals surface area contributed by atoms with Crippen molar-refractivity contribution < 1.29 is 59.2 Å². The molecule has 0 bridgehead atoms. The largest absolute Gasteiger partial charge is 0.521 e. The van der Waals surface area contributed by atoms with Gasteiger partial charge in [0, 0.05) is 0 Å². The second kappa shape index (κ2) is 9.83. The van der Waals surface area contributed by atoms with Crippen LogP contribution in [-0.2, 0) is 14.2 Å². The molecule has 0 aromatic carbocycles. The van der Waals surface area contributed by atoms with Crippen LogP contribution in [0, 0.1) is 0 Å². The quantitative estimate of drug-likeness (QED) is 0.201. The standard InChI is InChI=1S/C12H22O11.Al.H2O.2H/c13-1-4-6(16)8(18)9(19)11(21-4)23-12(3-15)10(20)7(17)5(2-14)22-12;;;;/h4-11,13-20H,1-3H2;;1H2;;/q;+1;;;/p-1/t4-,5-,6-,7-,8+,9-,10+,11-,12+;;;;/m1..../s1. The van der Waals surface area contributed by atoms with Gasteiger partial charge in [0.15, 0.2) is 6.29 Å². The number of ether oxygens (including phenoxy) is 3. The van der Waals surface area contributed by atoms with Gasteiger partial charge in [0.25, 0.3) is 0 Å². The molecule has 0 amide bonds. The van der Waals surface area contributed by atoms with Crippen LogP contribution in [0.3, 0.4) is 0 Å². The minimum Gasteiger partial charge on any atom is -0.521 e. The van der Waals surface area contributed by atoms with E-state index in [-0.39, 0.29) is 0 Å². The molecule has 13 heteroatoms. The van der Waals surface area contributed by atoms with E-state index in [1.54, 1.807) is 0 Å². The molecule has 2 aliphatic rings. The highest BCUT2D eigenvalue weighted by atomic mass is 27.1. The third-order valence-corrected chi connectivity index (χ3v) is 4.07. The van der Waals surface area contributed by atoms with Crippen molar-refractivity contribution in [1.82, 2.24) is 0 Å².